The SMILES string of the molecule is COc1ccc(/C=C/C(=O)N2CCC(Oc3ccc(CN(C)Cc4cc5ccccc5s4)cc3)CC2)cc1. The Morgan fingerprint density at radius 2 is 1.68 bits per heavy atom. The Balaban J connectivity index is 1.06. The molecule has 0 saturated carbocycles. The van der Waals surface area contributed by atoms with E-state index in [0.717, 1.165) is 43.0 Å². The van der Waals surface area contributed by atoms with Gasteiger partial charge in [-0.25, -0.2) is 0 Å². The summed E-state index contributed by atoms with van der Waals surface area (Å²) in [6.45, 7) is 3.23. The first-order valence-electron chi connectivity index (χ1n) is 13.1. The topological polar surface area (TPSA) is 42.0 Å². The van der Waals surface area contributed by atoms with Crippen LogP contribution < -0.4 is 9.47 Å². The van der Waals surface area contributed by atoms with Crippen LogP contribution >= 0.6 is 11.3 Å². The fraction of sp³-hybridized carbons (Fsp3) is 0.281. The first-order chi connectivity index (χ1) is 18.6. The van der Waals surface area contributed by atoms with Crippen LogP contribution in [0.1, 0.15) is 28.8 Å². The molecule has 0 unspecified atom stereocenters. The summed E-state index contributed by atoms with van der Waals surface area (Å²) >= 11 is 1.87. The average Bonchev–Trinajstić information content (AvgIpc) is 3.35. The predicted molar refractivity (Wildman–Crippen MR) is 156 cm³/mol. The van der Waals surface area contributed by atoms with Crippen molar-refractivity contribution < 1.29 is 14.3 Å². The van der Waals surface area contributed by atoms with Gasteiger partial charge in [0.05, 0.1) is 7.11 Å². The molecule has 1 aromatic heterocycles. The fourth-order valence-corrected chi connectivity index (χ4v) is 5.94. The highest BCUT2D eigenvalue weighted by atomic mass is 32.1. The number of benzene rings is 3. The van der Waals surface area contributed by atoms with Gasteiger partial charge in [0.1, 0.15) is 17.6 Å². The van der Waals surface area contributed by atoms with Gasteiger partial charge in [-0.15, -0.1) is 11.3 Å². The molecule has 1 saturated heterocycles. The number of carbonyl (C=O) groups excluding carboxylic acids is 1. The highest BCUT2D eigenvalue weighted by molar-refractivity contribution is 7.19. The zero-order chi connectivity index (χ0) is 26.3. The summed E-state index contributed by atoms with van der Waals surface area (Å²) in [5.74, 6) is 1.74. The number of ether oxygens (including phenoxy) is 2. The van der Waals surface area contributed by atoms with E-state index < -0.39 is 0 Å². The quantitative estimate of drug-likeness (QED) is 0.230. The number of amides is 1. The fourth-order valence-electron chi connectivity index (χ4n) is 4.80. The summed E-state index contributed by atoms with van der Waals surface area (Å²) < 4.78 is 12.8. The van der Waals surface area contributed by atoms with Crippen LogP contribution in [-0.2, 0) is 17.9 Å². The molecule has 196 valence electrons. The van der Waals surface area contributed by atoms with Crippen LogP contribution in [0.15, 0.2) is 84.9 Å². The van der Waals surface area contributed by atoms with Gasteiger partial charge in [0.25, 0.3) is 0 Å². The molecule has 0 bridgehead atoms. The maximum absolute atomic E-state index is 12.6. The number of hydrogen-bond acceptors (Lipinski definition) is 5. The van der Waals surface area contributed by atoms with E-state index in [4.69, 9.17) is 9.47 Å². The summed E-state index contributed by atoms with van der Waals surface area (Å²) in [6.07, 6.45) is 5.31. The number of methoxy groups -OCH3 is 1. The van der Waals surface area contributed by atoms with Gasteiger partial charge in [-0.05, 0) is 66.0 Å². The summed E-state index contributed by atoms with van der Waals surface area (Å²) in [5.41, 5.74) is 2.25. The molecule has 3 aromatic carbocycles. The number of thiophene rings is 1. The van der Waals surface area contributed by atoms with Crippen LogP contribution in [0.5, 0.6) is 11.5 Å². The Labute approximate surface area is 228 Å². The van der Waals surface area contributed by atoms with Crippen molar-refractivity contribution in [3.8, 4) is 11.5 Å². The van der Waals surface area contributed by atoms with Gasteiger partial charge < -0.3 is 14.4 Å². The molecule has 1 fully saturated rings. The molecule has 0 spiro atoms. The third kappa shape index (κ3) is 6.82. The first kappa shape index (κ1) is 26.0. The van der Waals surface area contributed by atoms with Crippen LogP contribution in [0.3, 0.4) is 0 Å². The van der Waals surface area contributed by atoms with Gasteiger partial charge in [-0.2, -0.15) is 0 Å². The molecule has 5 rings (SSSR count). The van der Waals surface area contributed by atoms with Crippen molar-refractivity contribution in [3.05, 3.63) is 101 Å². The van der Waals surface area contributed by atoms with E-state index in [9.17, 15) is 4.79 Å². The Morgan fingerprint density at radius 1 is 0.974 bits per heavy atom. The van der Waals surface area contributed by atoms with Gasteiger partial charge in [0, 0.05) is 54.7 Å². The maximum Gasteiger partial charge on any atom is 0.246 e. The van der Waals surface area contributed by atoms with E-state index in [0.29, 0.717) is 13.1 Å². The number of nitrogens with zero attached hydrogens (tertiary/aromatic N) is 2. The molecule has 2 heterocycles. The number of rotatable bonds is 9. The summed E-state index contributed by atoms with van der Waals surface area (Å²) in [4.78, 5) is 18.2. The summed E-state index contributed by atoms with van der Waals surface area (Å²) in [7, 11) is 3.81. The van der Waals surface area contributed by atoms with Crippen molar-refractivity contribution in [1.29, 1.82) is 0 Å². The number of likely N-dealkylation sites (tertiary alicyclic amines) is 1. The van der Waals surface area contributed by atoms with Gasteiger partial charge >= 0.3 is 0 Å². The molecule has 5 nitrogen and oxygen atoms in total. The molecule has 1 amide bonds. The normalized spacial score (nSPS) is 14.4. The first-order valence-corrected chi connectivity index (χ1v) is 13.9. The predicted octanol–water partition coefficient (Wildman–Crippen LogP) is 6.63. The standard InChI is InChI=1S/C32H34N2O3S/c1-33(23-30-21-26-5-3-4-6-31(26)38-30)22-25-9-14-28(15-10-25)37-29-17-19-34(20-18-29)32(35)16-11-24-7-12-27(36-2)13-8-24/h3-16,21,29H,17-20,22-23H2,1-2H3/b16-11+. The highest BCUT2D eigenvalue weighted by Gasteiger charge is 2.22. The number of hydrogen-bond donors (Lipinski definition) is 0. The van der Waals surface area contributed by atoms with Crippen LogP contribution in [-0.4, -0.2) is 49.1 Å². The molecule has 0 aliphatic carbocycles. The van der Waals surface area contributed by atoms with Gasteiger partial charge in [-0.3, -0.25) is 9.69 Å². The molecule has 1 aliphatic rings. The molecule has 0 N–H and O–H groups in total. The summed E-state index contributed by atoms with van der Waals surface area (Å²) in [5, 5.41) is 1.32. The second-order valence-electron chi connectivity index (χ2n) is 9.82. The molecule has 38 heavy (non-hydrogen) atoms. The molecular weight excluding hydrogens is 492 g/mol. The second-order valence-corrected chi connectivity index (χ2v) is 11.0. The van der Waals surface area contributed by atoms with E-state index in [-0.39, 0.29) is 12.0 Å². The lowest BCUT2D eigenvalue weighted by atomic mass is 10.1. The zero-order valence-electron chi connectivity index (χ0n) is 22.0. The second kappa shape index (κ2) is 12.3. The van der Waals surface area contributed by atoms with Crippen molar-refractivity contribution in [3.63, 3.8) is 0 Å². The smallest absolute Gasteiger partial charge is 0.246 e. The van der Waals surface area contributed by atoms with Gasteiger partial charge in [0.2, 0.25) is 5.91 Å². The summed E-state index contributed by atoms with van der Waals surface area (Å²) in [6, 6.07) is 27.0. The van der Waals surface area contributed by atoms with Gasteiger partial charge in [0.15, 0.2) is 0 Å². The van der Waals surface area contributed by atoms with Crippen molar-refractivity contribution >= 4 is 33.4 Å². The van der Waals surface area contributed by atoms with Crippen molar-refractivity contribution in [2.24, 2.45) is 0 Å². The van der Waals surface area contributed by atoms with Crippen LogP contribution in [0.2, 0.25) is 0 Å². The minimum absolute atomic E-state index is 0.0448. The van der Waals surface area contributed by atoms with E-state index >= 15 is 0 Å². The van der Waals surface area contributed by atoms with Crippen LogP contribution in [0.4, 0.5) is 0 Å². The monoisotopic (exact) mass is 526 g/mol. The molecule has 0 atom stereocenters. The average molecular weight is 527 g/mol. The third-order valence-electron chi connectivity index (χ3n) is 6.87. The lowest BCUT2D eigenvalue weighted by molar-refractivity contribution is -0.127. The maximum atomic E-state index is 12.6. The van der Waals surface area contributed by atoms with Crippen LogP contribution in [0.25, 0.3) is 16.2 Å². The van der Waals surface area contributed by atoms with E-state index in [2.05, 4.69) is 66.5 Å². The van der Waals surface area contributed by atoms with E-state index in [1.165, 1.54) is 20.5 Å². The van der Waals surface area contributed by atoms with Crippen molar-refractivity contribution in [1.82, 2.24) is 9.80 Å². The third-order valence-corrected chi connectivity index (χ3v) is 7.97. The van der Waals surface area contributed by atoms with E-state index in [1.54, 1.807) is 13.2 Å². The van der Waals surface area contributed by atoms with Crippen LogP contribution in [0, 0.1) is 0 Å². The Hall–Kier alpha value is -3.61. The molecule has 0 radical (unpaired) electrons. The van der Waals surface area contributed by atoms with E-state index in [1.807, 2.05) is 46.6 Å². The van der Waals surface area contributed by atoms with Gasteiger partial charge in [-0.1, -0.05) is 42.5 Å². The zero-order valence-corrected chi connectivity index (χ0v) is 22.8. The molecule has 1 aliphatic heterocycles. The number of fused-ring (bicyclic) bond motifs is 1. The lowest BCUT2D eigenvalue weighted by Crippen LogP contribution is -2.41. The van der Waals surface area contributed by atoms with Crippen molar-refractivity contribution in [2.45, 2.75) is 32.0 Å². The largest absolute Gasteiger partial charge is 0.497 e. The minimum Gasteiger partial charge on any atom is -0.497 e. The highest BCUT2D eigenvalue weighted by Crippen LogP contribution is 2.27. The number of piperidine rings is 1. The Kier molecular flexibility index (Phi) is 8.41. The molecule has 4 aromatic rings. The minimum atomic E-state index is 0.0448. The Morgan fingerprint density at radius 3 is 2.39 bits per heavy atom. The van der Waals surface area contributed by atoms with Crippen molar-refractivity contribution in [2.75, 3.05) is 27.2 Å². The lowest BCUT2D eigenvalue weighted by Gasteiger charge is -2.31. The Bertz CT molecular complexity index is 1340. The molecular formula is C32H34N2O3S. The number of carbonyl (C=O) groups is 1. The molecule has 6 heteroatoms.